The van der Waals surface area contributed by atoms with Crippen LogP contribution in [0.2, 0.25) is 0 Å². The zero-order valence-corrected chi connectivity index (χ0v) is 7.81. The van der Waals surface area contributed by atoms with Crippen molar-refractivity contribution in [1.29, 1.82) is 0 Å². The van der Waals surface area contributed by atoms with E-state index in [2.05, 4.69) is 10.6 Å². The molecule has 2 N–H and O–H groups in total. The smallest absolute Gasteiger partial charge is 0.00672 e. The van der Waals surface area contributed by atoms with E-state index in [0.29, 0.717) is 0 Å². The third kappa shape index (κ3) is 2.20. The van der Waals surface area contributed by atoms with Gasteiger partial charge in [0.15, 0.2) is 0 Å². The number of rotatable bonds is 3. The summed E-state index contributed by atoms with van der Waals surface area (Å²) in [5.74, 6) is 0.902. The Labute approximate surface area is 75.1 Å². The normalized spacial score (nSPS) is 31.5. The topological polar surface area (TPSA) is 24.1 Å². The van der Waals surface area contributed by atoms with Gasteiger partial charge >= 0.3 is 0 Å². The first-order valence-electron chi connectivity index (χ1n) is 5.39. The van der Waals surface area contributed by atoms with Crippen molar-refractivity contribution in [2.45, 2.75) is 38.1 Å². The zero-order chi connectivity index (χ0) is 8.23. The van der Waals surface area contributed by atoms with Crippen LogP contribution in [0.25, 0.3) is 0 Å². The fourth-order valence-corrected chi connectivity index (χ4v) is 2.04. The first kappa shape index (κ1) is 8.52. The maximum Gasteiger partial charge on any atom is 0.00672 e. The van der Waals surface area contributed by atoms with Gasteiger partial charge < -0.3 is 10.6 Å². The number of hydrogen-bond donors (Lipinski definition) is 2. The average molecular weight is 168 g/mol. The van der Waals surface area contributed by atoms with Crippen molar-refractivity contribution in [3.05, 3.63) is 0 Å². The molecule has 0 amide bonds. The molecule has 1 aliphatic heterocycles. The summed E-state index contributed by atoms with van der Waals surface area (Å²) in [6.07, 6.45) is 7.07. The van der Waals surface area contributed by atoms with Crippen LogP contribution in [0.15, 0.2) is 0 Å². The van der Waals surface area contributed by atoms with Crippen LogP contribution >= 0.6 is 0 Å². The maximum atomic E-state index is 3.65. The Kier molecular flexibility index (Phi) is 3.01. The highest BCUT2D eigenvalue weighted by Crippen LogP contribution is 2.18. The molecule has 0 aromatic heterocycles. The summed E-state index contributed by atoms with van der Waals surface area (Å²) < 4.78 is 0. The first-order chi connectivity index (χ1) is 5.95. The van der Waals surface area contributed by atoms with E-state index in [9.17, 15) is 0 Å². The van der Waals surface area contributed by atoms with Crippen LogP contribution in [0.1, 0.15) is 32.1 Å². The lowest BCUT2D eigenvalue weighted by molar-refractivity contribution is 0.290. The van der Waals surface area contributed by atoms with Crippen molar-refractivity contribution < 1.29 is 0 Å². The molecule has 2 aliphatic rings. The number of piperidine rings is 1. The predicted octanol–water partition coefficient (Wildman–Crippen LogP) is 1.13. The summed E-state index contributed by atoms with van der Waals surface area (Å²) in [6, 6.07) is 0.868. The molecule has 1 atom stereocenters. The van der Waals surface area contributed by atoms with Crippen LogP contribution in [-0.4, -0.2) is 25.7 Å². The van der Waals surface area contributed by atoms with E-state index in [1.165, 1.54) is 51.7 Å². The van der Waals surface area contributed by atoms with Crippen molar-refractivity contribution in [3.63, 3.8) is 0 Å². The van der Waals surface area contributed by atoms with E-state index in [1.54, 1.807) is 0 Å². The van der Waals surface area contributed by atoms with Gasteiger partial charge in [0.1, 0.15) is 0 Å². The molecule has 2 fully saturated rings. The molecular formula is C10H20N2. The van der Waals surface area contributed by atoms with Crippen molar-refractivity contribution >= 4 is 0 Å². The lowest BCUT2D eigenvalue weighted by Gasteiger charge is -2.30. The lowest BCUT2D eigenvalue weighted by atomic mass is 9.92. The second-order valence-corrected chi connectivity index (χ2v) is 4.25. The van der Waals surface area contributed by atoms with Crippen molar-refractivity contribution in [3.8, 4) is 0 Å². The molecule has 1 heterocycles. The second kappa shape index (κ2) is 4.24. The van der Waals surface area contributed by atoms with Gasteiger partial charge in [0, 0.05) is 6.04 Å². The van der Waals surface area contributed by atoms with E-state index in [4.69, 9.17) is 0 Å². The second-order valence-electron chi connectivity index (χ2n) is 4.25. The average Bonchev–Trinajstić information content (AvgIpc) is 2.04. The number of hydrogen-bond acceptors (Lipinski definition) is 2. The molecule has 0 bridgehead atoms. The summed E-state index contributed by atoms with van der Waals surface area (Å²) in [6.45, 7) is 3.72. The molecule has 0 radical (unpaired) electrons. The highest BCUT2D eigenvalue weighted by atomic mass is 14.9. The minimum Gasteiger partial charge on any atom is -0.316 e. The van der Waals surface area contributed by atoms with Crippen molar-refractivity contribution in [2.24, 2.45) is 5.92 Å². The SMILES string of the molecule is C1CC(NC[C@H]2CCCNC2)C1. The highest BCUT2D eigenvalue weighted by molar-refractivity contribution is 4.79. The molecule has 0 aromatic carbocycles. The minimum absolute atomic E-state index is 0.868. The van der Waals surface area contributed by atoms with Crippen LogP contribution in [0, 0.1) is 5.92 Å². The quantitative estimate of drug-likeness (QED) is 0.660. The lowest BCUT2D eigenvalue weighted by Crippen LogP contribution is -2.42. The first-order valence-corrected chi connectivity index (χ1v) is 5.39. The number of nitrogens with one attached hydrogen (secondary N) is 2. The van der Waals surface area contributed by atoms with Gasteiger partial charge in [-0.2, -0.15) is 0 Å². The fourth-order valence-electron chi connectivity index (χ4n) is 2.04. The summed E-state index contributed by atoms with van der Waals surface area (Å²) in [5, 5.41) is 7.10. The summed E-state index contributed by atoms with van der Waals surface area (Å²) in [4.78, 5) is 0. The molecule has 0 aromatic rings. The molecule has 1 saturated heterocycles. The van der Waals surface area contributed by atoms with Gasteiger partial charge in [-0.15, -0.1) is 0 Å². The molecule has 0 unspecified atom stereocenters. The maximum absolute atomic E-state index is 3.65. The van der Waals surface area contributed by atoms with Gasteiger partial charge in [0.05, 0.1) is 0 Å². The van der Waals surface area contributed by atoms with Gasteiger partial charge in [-0.3, -0.25) is 0 Å². The Morgan fingerprint density at radius 2 is 2.08 bits per heavy atom. The summed E-state index contributed by atoms with van der Waals surface area (Å²) >= 11 is 0. The molecular weight excluding hydrogens is 148 g/mol. The monoisotopic (exact) mass is 168 g/mol. The van der Waals surface area contributed by atoms with E-state index in [-0.39, 0.29) is 0 Å². The van der Waals surface area contributed by atoms with Gasteiger partial charge in [-0.25, -0.2) is 0 Å². The zero-order valence-electron chi connectivity index (χ0n) is 7.81. The van der Waals surface area contributed by atoms with E-state index in [0.717, 1.165) is 12.0 Å². The predicted molar refractivity (Wildman–Crippen MR) is 51.2 cm³/mol. The molecule has 2 nitrogen and oxygen atoms in total. The molecule has 1 aliphatic carbocycles. The fraction of sp³-hybridized carbons (Fsp3) is 1.00. The highest BCUT2D eigenvalue weighted by Gasteiger charge is 2.19. The Morgan fingerprint density at radius 3 is 2.67 bits per heavy atom. The molecule has 0 spiro atoms. The molecule has 12 heavy (non-hydrogen) atoms. The van der Waals surface area contributed by atoms with Gasteiger partial charge in [-0.05, 0) is 51.2 Å². The van der Waals surface area contributed by atoms with Gasteiger partial charge in [0.2, 0.25) is 0 Å². The largest absolute Gasteiger partial charge is 0.316 e. The van der Waals surface area contributed by atoms with Crippen LogP contribution in [0.4, 0.5) is 0 Å². The minimum atomic E-state index is 0.868. The molecule has 1 saturated carbocycles. The van der Waals surface area contributed by atoms with E-state index in [1.807, 2.05) is 0 Å². The summed E-state index contributed by atoms with van der Waals surface area (Å²) in [7, 11) is 0. The molecule has 2 heteroatoms. The Bertz CT molecular complexity index is 126. The summed E-state index contributed by atoms with van der Waals surface area (Å²) in [5.41, 5.74) is 0. The van der Waals surface area contributed by atoms with Crippen LogP contribution < -0.4 is 10.6 Å². The molecule has 70 valence electrons. The third-order valence-electron chi connectivity index (χ3n) is 3.20. The van der Waals surface area contributed by atoms with Gasteiger partial charge in [0.25, 0.3) is 0 Å². The van der Waals surface area contributed by atoms with Crippen molar-refractivity contribution in [1.82, 2.24) is 10.6 Å². The Morgan fingerprint density at radius 1 is 1.17 bits per heavy atom. The third-order valence-corrected chi connectivity index (χ3v) is 3.20. The van der Waals surface area contributed by atoms with Crippen LogP contribution in [0.5, 0.6) is 0 Å². The molecule has 2 rings (SSSR count). The van der Waals surface area contributed by atoms with Crippen molar-refractivity contribution in [2.75, 3.05) is 19.6 Å². The Hall–Kier alpha value is -0.0800. The Balaban J connectivity index is 1.58. The van der Waals surface area contributed by atoms with E-state index >= 15 is 0 Å². The van der Waals surface area contributed by atoms with E-state index < -0.39 is 0 Å². The van der Waals surface area contributed by atoms with Crippen LogP contribution in [0.3, 0.4) is 0 Å². The van der Waals surface area contributed by atoms with Crippen LogP contribution in [-0.2, 0) is 0 Å². The standard InChI is InChI=1S/C10H20N2/c1-4-10(5-1)12-8-9-3-2-6-11-7-9/h9-12H,1-8H2/t9-/m0/s1. The van der Waals surface area contributed by atoms with Gasteiger partial charge in [-0.1, -0.05) is 6.42 Å².